The SMILES string of the molecule is CN(C)CCCNCc1nnc(-c2ccccc2Br)o1. The molecule has 2 aromatic rings. The van der Waals surface area contributed by atoms with Crippen LogP contribution in [-0.4, -0.2) is 42.3 Å². The Bertz CT molecular complexity index is 541. The van der Waals surface area contributed by atoms with Gasteiger partial charge in [-0.2, -0.15) is 0 Å². The van der Waals surface area contributed by atoms with Gasteiger partial charge in [0, 0.05) is 4.47 Å². The van der Waals surface area contributed by atoms with Crippen molar-refractivity contribution in [2.45, 2.75) is 13.0 Å². The van der Waals surface area contributed by atoms with E-state index < -0.39 is 0 Å². The summed E-state index contributed by atoms with van der Waals surface area (Å²) < 4.78 is 6.61. The van der Waals surface area contributed by atoms with Crippen molar-refractivity contribution in [3.63, 3.8) is 0 Å². The molecule has 20 heavy (non-hydrogen) atoms. The fourth-order valence-electron chi connectivity index (χ4n) is 1.78. The number of benzene rings is 1. The van der Waals surface area contributed by atoms with Crippen molar-refractivity contribution >= 4 is 15.9 Å². The summed E-state index contributed by atoms with van der Waals surface area (Å²) in [5.74, 6) is 1.16. The van der Waals surface area contributed by atoms with Gasteiger partial charge >= 0.3 is 0 Å². The summed E-state index contributed by atoms with van der Waals surface area (Å²) in [4.78, 5) is 2.17. The van der Waals surface area contributed by atoms with Crippen LogP contribution in [0.1, 0.15) is 12.3 Å². The number of hydrogen-bond acceptors (Lipinski definition) is 5. The minimum Gasteiger partial charge on any atom is -0.419 e. The van der Waals surface area contributed by atoms with Crippen LogP contribution in [0.15, 0.2) is 33.2 Å². The first-order valence-electron chi connectivity index (χ1n) is 6.59. The molecule has 0 fully saturated rings. The van der Waals surface area contributed by atoms with Crippen molar-refractivity contribution in [2.75, 3.05) is 27.2 Å². The van der Waals surface area contributed by atoms with Gasteiger partial charge in [0.15, 0.2) is 0 Å². The van der Waals surface area contributed by atoms with Crippen LogP contribution in [0.3, 0.4) is 0 Å². The van der Waals surface area contributed by atoms with Crippen molar-refractivity contribution in [3.8, 4) is 11.5 Å². The number of halogens is 1. The van der Waals surface area contributed by atoms with Crippen molar-refractivity contribution in [1.29, 1.82) is 0 Å². The zero-order valence-electron chi connectivity index (χ0n) is 11.8. The minimum atomic E-state index is 0.544. The lowest BCUT2D eigenvalue weighted by atomic mass is 10.2. The number of hydrogen-bond donors (Lipinski definition) is 1. The molecule has 108 valence electrons. The summed E-state index contributed by atoms with van der Waals surface area (Å²) >= 11 is 3.48. The Hall–Kier alpha value is -1.24. The molecule has 0 aliphatic carbocycles. The Morgan fingerprint density at radius 1 is 1.25 bits per heavy atom. The molecule has 0 amide bonds. The van der Waals surface area contributed by atoms with Crippen LogP contribution >= 0.6 is 15.9 Å². The lowest BCUT2D eigenvalue weighted by molar-refractivity contribution is 0.390. The van der Waals surface area contributed by atoms with E-state index in [1.54, 1.807) is 0 Å². The Labute approximate surface area is 127 Å². The van der Waals surface area contributed by atoms with Gasteiger partial charge in [0.2, 0.25) is 11.8 Å². The fraction of sp³-hybridized carbons (Fsp3) is 0.429. The molecule has 0 atom stereocenters. The molecule has 0 radical (unpaired) electrons. The molecule has 6 heteroatoms. The third-order valence-corrected chi connectivity index (χ3v) is 3.50. The predicted molar refractivity (Wildman–Crippen MR) is 82.3 cm³/mol. The maximum Gasteiger partial charge on any atom is 0.248 e. The van der Waals surface area contributed by atoms with Gasteiger partial charge in [0.05, 0.1) is 12.1 Å². The fourth-order valence-corrected chi connectivity index (χ4v) is 2.24. The molecule has 0 bridgehead atoms. The third-order valence-electron chi connectivity index (χ3n) is 2.81. The maximum absolute atomic E-state index is 5.65. The van der Waals surface area contributed by atoms with Gasteiger partial charge in [0.25, 0.3) is 0 Å². The van der Waals surface area contributed by atoms with Gasteiger partial charge in [-0.25, -0.2) is 0 Å². The Morgan fingerprint density at radius 2 is 2.05 bits per heavy atom. The highest BCUT2D eigenvalue weighted by Crippen LogP contribution is 2.26. The molecule has 0 saturated carbocycles. The quantitative estimate of drug-likeness (QED) is 0.786. The molecule has 1 heterocycles. The van der Waals surface area contributed by atoms with Gasteiger partial charge in [-0.1, -0.05) is 12.1 Å². The average Bonchev–Trinajstić information content (AvgIpc) is 2.87. The lowest BCUT2D eigenvalue weighted by Crippen LogP contribution is -2.21. The molecule has 1 N–H and O–H groups in total. The monoisotopic (exact) mass is 338 g/mol. The molecule has 0 saturated heterocycles. The van der Waals surface area contributed by atoms with Crippen LogP contribution in [-0.2, 0) is 6.54 Å². The summed E-state index contributed by atoms with van der Waals surface area (Å²) in [7, 11) is 4.14. The summed E-state index contributed by atoms with van der Waals surface area (Å²) in [6.45, 7) is 2.61. The zero-order chi connectivity index (χ0) is 14.4. The number of rotatable bonds is 7. The van der Waals surface area contributed by atoms with Gasteiger partial charge < -0.3 is 14.6 Å². The smallest absolute Gasteiger partial charge is 0.248 e. The van der Waals surface area contributed by atoms with E-state index in [0.717, 1.165) is 29.5 Å². The van der Waals surface area contributed by atoms with Crippen molar-refractivity contribution in [2.24, 2.45) is 0 Å². The maximum atomic E-state index is 5.65. The second kappa shape index (κ2) is 7.52. The van der Waals surface area contributed by atoms with E-state index in [1.807, 2.05) is 24.3 Å². The van der Waals surface area contributed by atoms with E-state index in [2.05, 4.69) is 50.4 Å². The lowest BCUT2D eigenvalue weighted by Gasteiger charge is -2.08. The first-order valence-corrected chi connectivity index (χ1v) is 7.39. The van der Waals surface area contributed by atoms with E-state index in [4.69, 9.17) is 4.42 Å². The van der Waals surface area contributed by atoms with Gasteiger partial charge in [-0.3, -0.25) is 0 Å². The van der Waals surface area contributed by atoms with Gasteiger partial charge in [0.1, 0.15) is 0 Å². The number of nitrogens with zero attached hydrogens (tertiary/aromatic N) is 3. The molecular formula is C14H19BrN4O. The average molecular weight is 339 g/mol. The molecular weight excluding hydrogens is 320 g/mol. The number of nitrogens with one attached hydrogen (secondary N) is 1. The zero-order valence-corrected chi connectivity index (χ0v) is 13.4. The molecule has 0 unspecified atom stereocenters. The van der Waals surface area contributed by atoms with Crippen LogP contribution in [0.25, 0.3) is 11.5 Å². The van der Waals surface area contributed by atoms with Crippen LogP contribution in [0.4, 0.5) is 0 Å². The summed E-state index contributed by atoms with van der Waals surface area (Å²) in [6, 6.07) is 7.81. The van der Waals surface area contributed by atoms with Crippen LogP contribution in [0.2, 0.25) is 0 Å². The molecule has 2 rings (SSSR count). The molecule has 0 spiro atoms. The van der Waals surface area contributed by atoms with E-state index in [0.29, 0.717) is 18.3 Å². The Kier molecular flexibility index (Phi) is 5.70. The third kappa shape index (κ3) is 4.40. The highest BCUT2D eigenvalue weighted by molar-refractivity contribution is 9.10. The number of aromatic nitrogens is 2. The highest BCUT2D eigenvalue weighted by Gasteiger charge is 2.10. The molecule has 1 aromatic carbocycles. The summed E-state index contributed by atoms with van der Waals surface area (Å²) in [6.07, 6.45) is 1.10. The minimum absolute atomic E-state index is 0.544. The van der Waals surface area contributed by atoms with Gasteiger partial charge in [-0.15, -0.1) is 10.2 Å². The Balaban J connectivity index is 1.85. The highest BCUT2D eigenvalue weighted by atomic mass is 79.9. The predicted octanol–water partition coefficient (Wildman–Crippen LogP) is 2.54. The van der Waals surface area contributed by atoms with Crippen LogP contribution < -0.4 is 5.32 Å². The standard InChI is InChI=1S/C14H19BrN4O/c1-19(2)9-5-8-16-10-13-17-18-14(20-13)11-6-3-4-7-12(11)15/h3-4,6-7,16H,5,8-10H2,1-2H3. The topological polar surface area (TPSA) is 54.2 Å². The van der Waals surface area contributed by atoms with Crippen LogP contribution in [0, 0.1) is 0 Å². The van der Waals surface area contributed by atoms with Crippen molar-refractivity contribution in [1.82, 2.24) is 20.4 Å². The molecule has 0 aliphatic rings. The van der Waals surface area contributed by atoms with Gasteiger partial charge in [-0.05, 0) is 61.7 Å². The van der Waals surface area contributed by atoms with E-state index >= 15 is 0 Å². The first kappa shape index (κ1) is 15.2. The largest absolute Gasteiger partial charge is 0.419 e. The van der Waals surface area contributed by atoms with Crippen LogP contribution in [0.5, 0.6) is 0 Å². The Morgan fingerprint density at radius 3 is 2.80 bits per heavy atom. The molecule has 0 aliphatic heterocycles. The first-order chi connectivity index (χ1) is 9.66. The molecule has 5 nitrogen and oxygen atoms in total. The summed E-state index contributed by atoms with van der Waals surface area (Å²) in [5.41, 5.74) is 0.916. The second-order valence-electron chi connectivity index (χ2n) is 4.81. The van der Waals surface area contributed by atoms with E-state index in [1.165, 1.54) is 0 Å². The summed E-state index contributed by atoms with van der Waals surface area (Å²) in [5, 5.41) is 11.4. The molecule has 1 aromatic heterocycles. The van der Waals surface area contributed by atoms with Crippen molar-refractivity contribution in [3.05, 3.63) is 34.6 Å². The normalized spacial score (nSPS) is 11.2. The van der Waals surface area contributed by atoms with Crippen molar-refractivity contribution < 1.29 is 4.42 Å². The second-order valence-corrected chi connectivity index (χ2v) is 5.67. The van der Waals surface area contributed by atoms with E-state index in [9.17, 15) is 0 Å². The van der Waals surface area contributed by atoms with E-state index in [-0.39, 0.29) is 0 Å².